The van der Waals surface area contributed by atoms with Crippen molar-refractivity contribution in [3.05, 3.63) is 91.9 Å². The number of aryl methyl sites for hydroxylation is 1. The molecule has 1 saturated carbocycles. The number of rotatable bonds is 7. The van der Waals surface area contributed by atoms with E-state index in [2.05, 4.69) is 20.4 Å². The molecule has 1 saturated heterocycles. The highest BCUT2D eigenvalue weighted by molar-refractivity contribution is 6.33. The number of fused-ring (bicyclic) bond motifs is 3. The van der Waals surface area contributed by atoms with Gasteiger partial charge < -0.3 is 29.5 Å². The second kappa shape index (κ2) is 13.6. The van der Waals surface area contributed by atoms with Crippen LogP contribution in [0.2, 0.25) is 5.02 Å². The first-order valence-corrected chi connectivity index (χ1v) is 18.5. The van der Waals surface area contributed by atoms with E-state index in [1.165, 1.54) is 10.8 Å². The van der Waals surface area contributed by atoms with Crippen molar-refractivity contribution in [1.29, 1.82) is 0 Å². The van der Waals surface area contributed by atoms with Gasteiger partial charge in [0.05, 0.1) is 45.9 Å². The summed E-state index contributed by atoms with van der Waals surface area (Å²) in [7, 11) is 0. The average Bonchev–Trinajstić information content (AvgIpc) is 3.72. The minimum Gasteiger partial charge on any atom is -0.504 e. The Hall–Kier alpha value is -5.55. The Morgan fingerprint density at radius 2 is 1.86 bits per heavy atom. The number of amides is 2. The summed E-state index contributed by atoms with van der Waals surface area (Å²) in [6, 6.07) is 7.80. The van der Waals surface area contributed by atoms with Crippen LogP contribution >= 0.6 is 11.6 Å². The van der Waals surface area contributed by atoms with Gasteiger partial charge in [-0.25, -0.2) is 9.97 Å². The summed E-state index contributed by atoms with van der Waals surface area (Å²) < 4.78 is 48.7. The molecular formula is C38H37ClF3N9O5. The molecule has 56 heavy (non-hydrogen) atoms. The summed E-state index contributed by atoms with van der Waals surface area (Å²) in [6.45, 7) is 7.85. The second-order valence-electron chi connectivity index (χ2n) is 14.7. The Bertz CT molecular complexity index is 2500. The first-order chi connectivity index (χ1) is 26.6. The maximum atomic E-state index is 14.7. The molecule has 5 heterocycles. The van der Waals surface area contributed by atoms with Gasteiger partial charge in [-0.2, -0.15) is 22.7 Å². The number of anilines is 2. The predicted molar refractivity (Wildman–Crippen MR) is 199 cm³/mol. The number of aromatic hydroxyl groups is 1. The smallest absolute Gasteiger partial charge is 0.416 e. The molecule has 0 spiro atoms. The standard InChI is InChI=1S/C38H37ClF3N9O5/c1-5-26-31(48-12-13-49(28-11-10-27(28)48)34(54)30-32(53)19(2)43-18-44-30)35(55)51-36(46-33(47-51)20-6-8-23-21(14-20)17-56-37(23,3)4)50(26)16-29(52)45-25-9-7-22(15-24(25)39)38(40,41)42/h6-9,14-15,18,27-28,53H,5,10-13,16-17H2,1-4H3,(H,45,52)/t27-,28+/m0/s1. The van der Waals surface area contributed by atoms with Gasteiger partial charge in [-0.3, -0.25) is 14.4 Å². The maximum absolute atomic E-state index is 14.7. The summed E-state index contributed by atoms with van der Waals surface area (Å²) in [5.74, 6) is -1.02. The van der Waals surface area contributed by atoms with E-state index in [4.69, 9.17) is 21.3 Å². The van der Waals surface area contributed by atoms with Gasteiger partial charge in [-0.15, -0.1) is 5.10 Å². The second-order valence-corrected chi connectivity index (χ2v) is 15.1. The lowest BCUT2D eigenvalue weighted by molar-refractivity contribution is -0.137. The largest absolute Gasteiger partial charge is 0.504 e. The van der Waals surface area contributed by atoms with E-state index in [9.17, 15) is 32.7 Å². The fourth-order valence-corrected chi connectivity index (χ4v) is 8.18. The molecule has 2 aromatic carbocycles. The molecule has 2 N–H and O–H groups in total. The van der Waals surface area contributed by atoms with Crippen LogP contribution in [-0.4, -0.2) is 76.1 Å². The molecule has 292 valence electrons. The number of hydrogen-bond acceptors (Lipinski definition) is 10. The molecule has 18 heteroatoms. The quantitative estimate of drug-likeness (QED) is 0.216. The Morgan fingerprint density at radius 1 is 1.09 bits per heavy atom. The maximum Gasteiger partial charge on any atom is 0.416 e. The van der Waals surface area contributed by atoms with Gasteiger partial charge in [0, 0.05) is 24.7 Å². The van der Waals surface area contributed by atoms with E-state index in [1.54, 1.807) is 16.4 Å². The first-order valence-electron chi connectivity index (χ1n) is 18.1. The number of alkyl halides is 3. The van der Waals surface area contributed by atoms with Crippen molar-refractivity contribution in [3.8, 4) is 17.1 Å². The van der Waals surface area contributed by atoms with Gasteiger partial charge in [-0.05, 0) is 75.4 Å². The van der Waals surface area contributed by atoms with Crippen molar-refractivity contribution in [2.75, 3.05) is 23.3 Å². The Labute approximate surface area is 322 Å². The lowest BCUT2D eigenvalue weighted by Crippen LogP contribution is -2.67. The molecule has 3 aromatic heterocycles. The molecule has 8 rings (SSSR count). The minimum absolute atomic E-state index is 0.0199. The summed E-state index contributed by atoms with van der Waals surface area (Å²) in [6.07, 6.45) is -1.80. The number of ether oxygens (including phenoxy) is 1. The van der Waals surface area contributed by atoms with Crippen LogP contribution in [0.5, 0.6) is 5.75 Å². The summed E-state index contributed by atoms with van der Waals surface area (Å²) in [5, 5.41) is 17.6. The highest BCUT2D eigenvalue weighted by Gasteiger charge is 2.47. The molecule has 14 nitrogen and oxygen atoms in total. The number of piperazine rings is 1. The monoisotopic (exact) mass is 791 g/mol. The highest BCUT2D eigenvalue weighted by atomic mass is 35.5. The third kappa shape index (κ3) is 6.22. The molecule has 0 unspecified atom stereocenters. The normalized spacial score (nSPS) is 18.8. The first kappa shape index (κ1) is 37.4. The third-order valence-electron chi connectivity index (χ3n) is 11.0. The van der Waals surface area contributed by atoms with Crippen molar-refractivity contribution in [2.45, 2.75) is 84.0 Å². The van der Waals surface area contributed by atoms with Gasteiger partial charge in [0.15, 0.2) is 17.3 Å². The minimum atomic E-state index is -4.62. The molecule has 2 atom stereocenters. The van der Waals surface area contributed by atoms with Crippen LogP contribution in [0.1, 0.15) is 72.2 Å². The van der Waals surface area contributed by atoms with Gasteiger partial charge >= 0.3 is 6.18 Å². The number of hydrogen-bond donors (Lipinski definition) is 2. The lowest BCUT2D eigenvalue weighted by Gasteiger charge is -2.54. The number of benzene rings is 2. The van der Waals surface area contributed by atoms with E-state index in [0.717, 1.165) is 29.3 Å². The van der Waals surface area contributed by atoms with Crippen LogP contribution in [0.4, 0.5) is 24.5 Å². The summed E-state index contributed by atoms with van der Waals surface area (Å²) >= 11 is 6.18. The summed E-state index contributed by atoms with van der Waals surface area (Å²) in [4.78, 5) is 58.5. The zero-order valence-corrected chi connectivity index (χ0v) is 31.6. The van der Waals surface area contributed by atoms with Gasteiger partial charge in [0.2, 0.25) is 11.7 Å². The van der Waals surface area contributed by atoms with Crippen molar-refractivity contribution >= 4 is 40.6 Å². The van der Waals surface area contributed by atoms with Crippen LogP contribution in [0, 0.1) is 6.92 Å². The SMILES string of the molecule is CCc1c(N2CCN(C(=O)c3ncnc(C)c3O)[C@@H]3CC[C@@H]32)c(=O)n2nc(-c3ccc4c(c3)COC4(C)C)nc2n1CC(=O)Nc1ccc(C(F)(F)F)cc1Cl. The topological polar surface area (TPSA) is 160 Å². The van der Waals surface area contributed by atoms with Crippen molar-refractivity contribution < 1.29 is 32.6 Å². The third-order valence-corrected chi connectivity index (χ3v) is 11.3. The van der Waals surface area contributed by atoms with E-state index in [1.807, 2.05) is 43.9 Å². The molecular weight excluding hydrogens is 755 g/mol. The Morgan fingerprint density at radius 3 is 2.55 bits per heavy atom. The van der Waals surface area contributed by atoms with Gasteiger partial charge in [0.25, 0.3) is 11.5 Å². The van der Waals surface area contributed by atoms with Gasteiger partial charge in [0.1, 0.15) is 18.6 Å². The molecule has 2 aliphatic heterocycles. The number of carbonyl (C=O) groups is 2. The number of carbonyl (C=O) groups excluding carboxylic acids is 2. The van der Waals surface area contributed by atoms with E-state index in [-0.39, 0.29) is 77.6 Å². The van der Waals surface area contributed by atoms with Crippen LogP contribution in [-0.2, 0) is 40.9 Å². The lowest BCUT2D eigenvalue weighted by atomic mass is 9.81. The predicted octanol–water partition coefficient (Wildman–Crippen LogP) is 5.49. The van der Waals surface area contributed by atoms with Crippen molar-refractivity contribution in [1.82, 2.24) is 34.0 Å². The van der Waals surface area contributed by atoms with Crippen LogP contribution in [0.15, 0.2) is 47.5 Å². The van der Waals surface area contributed by atoms with Gasteiger partial charge in [-0.1, -0.05) is 30.7 Å². The van der Waals surface area contributed by atoms with Crippen LogP contribution in [0.3, 0.4) is 0 Å². The molecule has 0 radical (unpaired) electrons. The zero-order chi connectivity index (χ0) is 39.8. The van der Waals surface area contributed by atoms with E-state index >= 15 is 0 Å². The number of nitrogens with one attached hydrogen (secondary N) is 1. The number of halogens is 4. The molecule has 3 aliphatic rings. The fourth-order valence-electron chi connectivity index (χ4n) is 7.95. The van der Waals surface area contributed by atoms with E-state index < -0.39 is 34.7 Å². The molecule has 5 aromatic rings. The molecule has 0 bridgehead atoms. The highest BCUT2D eigenvalue weighted by Crippen LogP contribution is 2.40. The molecule has 2 fully saturated rings. The fraction of sp³-hybridized carbons (Fsp3) is 0.395. The zero-order valence-electron chi connectivity index (χ0n) is 30.8. The Kier molecular flexibility index (Phi) is 9.06. The summed E-state index contributed by atoms with van der Waals surface area (Å²) in [5.41, 5.74) is 1.67. The van der Waals surface area contributed by atoms with Crippen LogP contribution in [0.25, 0.3) is 17.2 Å². The number of aromatic nitrogens is 6. The van der Waals surface area contributed by atoms with Crippen molar-refractivity contribution in [2.24, 2.45) is 0 Å². The Balaban J connectivity index is 1.20. The van der Waals surface area contributed by atoms with Crippen molar-refractivity contribution in [3.63, 3.8) is 0 Å². The average molecular weight is 792 g/mol. The number of nitrogens with zero attached hydrogens (tertiary/aromatic N) is 8. The van der Waals surface area contributed by atoms with E-state index in [0.29, 0.717) is 36.4 Å². The molecule has 2 amide bonds. The van der Waals surface area contributed by atoms with Crippen LogP contribution < -0.4 is 15.8 Å². The molecule has 1 aliphatic carbocycles.